The van der Waals surface area contributed by atoms with Crippen LogP contribution in [0.1, 0.15) is 65.5 Å². The van der Waals surface area contributed by atoms with Gasteiger partial charge in [-0.15, -0.1) is 11.3 Å². The Labute approximate surface area is 192 Å². The normalized spacial score (nSPS) is 16.2. The monoisotopic (exact) mass is 457 g/mol. The molecule has 0 bridgehead atoms. The molecule has 1 aromatic heterocycles. The second kappa shape index (κ2) is 9.92. The molecule has 1 atom stereocenters. The summed E-state index contributed by atoms with van der Waals surface area (Å²) in [6, 6.07) is 5.91. The third-order valence-electron chi connectivity index (χ3n) is 5.95. The molecule has 7 nitrogen and oxygen atoms in total. The van der Waals surface area contributed by atoms with Crippen molar-refractivity contribution in [3.63, 3.8) is 0 Å². The zero-order valence-corrected chi connectivity index (χ0v) is 19.5. The molecule has 0 spiro atoms. The Kier molecular flexibility index (Phi) is 7.01. The fourth-order valence-corrected chi connectivity index (χ4v) is 5.71. The quantitative estimate of drug-likeness (QED) is 0.587. The molecule has 8 heteroatoms. The Balaban J connectivity index is 1.45. The average molecular weight is 458 g/mol. The fraction of sp³-hybridized carbons (Fsp3) is 0.500. The number of anilines is 1. The van der Waals surface area contributed by atoms with Gasteiger partial charge in [0.25, 0.3) is 5.91 Å². The zero-order valence-electron chi connectivity index (χ0n) is 18.7. The molecule has 2 aliphatic rings. The van der Waals surface area contributed by atoms with Crippen LogP contribution in [-0.4, -0.2) is 31.6 Å². The first-order chi connectivity index (χ1) is 15.4. The van der Waals surface area contributed by atoms with Crippen LogP contribution in [0.2, 0.25) is 0 Å². The first-order valence-corrected chi connectivity index (χ1v) is 12.1. The van der Waals surface area contributed by atoms with E-state index in [0.29, 0.717) is 23.8 Å². The van der Waals surface area contributed by atoms with Gasteiger partial charge in [0.15, 0.2) is 11.5 Å². The highest BCUT2D eigenvalue weighted by molar-refractivity contribution is 7.17. The highest BCUT2D eigenvalue weighted by Crippen LogP contribution is 2.38. The SMILES string of the molecule is CC(C)[C@@H](NCC(=O)Nc1sc2c(c1C(N)=O)CCCC2)c1ccc2c(c1)OCCCO2. The van der Waals surface area contributed by atoms with Crippen molar-refractivity contribution in [2.24, 2.45) is 11.7 Å². The molecule has 2 amide bonds. The molecule has 0 unspecified atom stereocenters. The molecule has 0 saturated heterocycles. The summed E-state index contributed by atoms with van der Waals surface area (Å²) >= 11 is 1.48. The lowest BCUT2D eigenvalue weighted by Crippen LogP contribution is -2.34. The molecule has 1 aliphatic heterocycles. The van der Waals surface area contributed by atoms with Crippen molar-refractivity contribution < 1.29 is 19.1 Å². The molecule has 4 rings (SSSR count). The summed E-state index contributed by atoms with van der Waals surface area (Å²) < 4.78 is 11.6. The number of carbonyl (C=O) groups is 2. The third-order valence-corrected chi connectivity index (χ3v) is 7.16. The number of benzene rings is 1. The van der Waals surface area contributed by atoms with Gasteiger partial charge >= 0.3 is 0 Å². The lowest BCUT2D eigenvalue weighted by Gasteiger charge is -2.23. The van der Waals surface area contributed by atoms with Gasteiger partial charge in [-0.25, -0.2) is 0 Å². The van der Waals surface area contributed by atoms with Crippen LogP contribution in [0.3, 0.4) is 0 Å². The number of hydrogen-bond acceptors (Lipinski definition) is 6. The Morgan fingerprint density at radius 3 is 2.59 bits per heavy atom. The number of carbonyl (C=O) groups excluding carboxylic acids is 2. The molecule has 32 heavy (non-hydrogen) atoms. The average Bonchev–Trinajstić information content (AvgIpc) is 2.95. The van der Waals surface area contributed by atoms with Crippen molar-refractivity contribution in [3.05, 3.63) is 39.8 Å². The Bertz CT molecular complexity index is 1000. The number of rotatable bonds is 7. The molecule has 172 valence electrons. The second-order valence-electron chi connectivity index (χ2n) is 8.69. The van der Waals surface area contributed by atoms with Gasteiger partial charge in [-0.3, -0.25) is 9.59 Å². The zero-order chi connectivity index (χ0) is 22.7. The van der Waals surface area contributed by atoms with Crippen molar-refractivity contribution >= 4 is 28.2 Å². The Hall–Kier alpha value is -2.58. The van der Waals surface area contributed by atoms with E-state index in [1.54, 1.807) is 0 Å². The molecule has 2 heterocycles. The predicted octanol–water partition coefficient (Wildman–Crippen LogP) is 3.81. The Morgan fingerprint density at radius 1 is 1.09 bits per heavy atom. The van der Waals surface area contributed by atoms with Gasteiger partial charge in [-0.2, -0.15) is 0 Å². The molecule has 0 radical (unpaired) electrons. The van der Waals surface area contributed by atoms with Crippen molar-refractivity contribution in [1.29, 1.82) is 0 Å². The largest absolute Gasteiger partial charge is 0.490 e. The van der Waals surface area contributed by atoms with E-state index < -0.39 is 5.91 Å². The number of amides is 2. The first kappa shape index (κ1) is 22.6. The molecular weight excluding hydrogens is 426 g/mol. The van der Waals surface area contributed by atoms with Crippen LogP contribution in [0.25, 0.3) is 0 Å². The summed E-state index contributed by atoms with van der Waals surface area (Å²) in [6.07, 6.45) is 4.79. The Morgan fingerprint density at radius 2 is 1.84 bits per heavy atom. The van der Waals surface area contributed by atoms with Gasteiger partial charge in [-0.1, -0.05) is 19.9 Å². The van der Waals surface area contributed by atoms with Gasteiger partial charge in [0.1, 0.15) is 5.00 Å². The standard InChI is InChI=1S/C24H31N3O4S/c1-14(2)22(15-8-9-17-18(12-15)31-11-5-10-30-17)26-13-20(28)27-24-21(23(25)29)16-6-3-4-7-19(16)32-24/h8-9,12,14,22,26H,3-7,10-11,13H2,1-2H3,(H2,25,29)(H,27,28)/t22-/m1/s1. The molecule has 4 N–H and O–H groups in total. The highest BCUT2D eigenvalue weighted by atomic mass is 32.1. The van der Waals surface area contributed by atoms with E-state index in [1.807, 2.05) is 18.2 Å². The van der Waals surface area contributed by atoms with Crippen LogP contribution >= 0.6 is 11.3 Å². The maximum atomic E-state index is 12.8. The molecule has 0 saturated carbocycles. The minimum absolute atomic E-state index is 0.0370. The van der Waals surface area contributed by atoms with Crippen molar-refractivity contribution in [1.82, 2.24) is 5.32 Å². The molecule has 2 aromatic rings. The summed E-state index contributed by atoms with van der Waals surface area (Å²) in [4.78, 5) is 26.0. The summed E-state index contributed by atoms with van der Waals surface area (Å²) in [6.45, 7) is 5.62. The summed E-state index contributed by atoms with van der Waals surface area (Å²) in [5.74, 6) is 1.09. The second-order valence-corrected chi connectivity index (χ2v) is 9.79. The first-order valence-electron chi connectivity index (χ1n) is 11.3. The number of nitrogens with one attached hydrogen (secondary N) is 2. The predicted molar refractivity (Wildman–Crippen MR) is 126 cm³/mol. The maximum absolute atomic E-state index is 12.8. The van der Waals surface area contributed by atoms with E-state index in [-0.39, 0.29) is 24.4 Å². The van der Waals surface area contributed by atoms with E-state index in [2.05, 4.69) is 24.5 Å². The maximum Gasteiger partial charge on any atom is 0.251 e. The van der Waals surface area contributed by atoms with Gasteiger partial charge < -0.3 is 25.8 Å². The number of hydrogen-bond donors (Lipinski definition) is 3. The van der Waals surface area contributed by atoms with E-state index in [1.165, 1.54) is 16.2 Å². The van der Waals surface area contributed by atoms with Crippen LogP contribution in [-0.2, 0) is 17.6 Å². The molecule has 0 fully saturated rings. The van der Waals surface area contributed by atoms with E-state index in [4.69, 9.17) is 15.2 Å². The third kappa shape index (κ3) is 4.91. The van der Waals surface area contributed by atoms with E-state index in [9.17, 15) is 9.59 Å². The van der Waals surface area contributed by atoms with Gasteiger partial charge in [0, 0.05) is 17.3 Å². The minimum Gasteiger partial charge on any atom is -0.490 e. The van der Waals surface area contributed by atoms with Crippen molar-refractivity contribution in [3.8, 4) is 11.5 Å². The van der Waals surface area contributed by atoms with Gasteiger partial charge in [-0.05, 0) is 54.9 Å². The smallest absolute Gasteiger partial charge is 0.251 e. The fourth-order valence-electron chi connectivity index (χ4n) is 4.40. The minimum atomic E-state index is -0.472. The lowest BCUT2D eigenvalue weighted by molar-refractivity contribution is -0.115. The lowest BCUT2D eigenvalue weighted by atomic mass is 9.95. The van der Waals surface area contributed by atoms with Crippen LogP contribution < -0.4 is 25.8 Å². The molecule has 1 aromatic carbocycles. The molecule has 1 aliphatic carbocycles. The van der Waals surface area contributed by atoms with E-state index >= 15 is 0 Å². The summed E-state index contributed by atoms with van der Waals surface area (Å²) in [5.41, 5.74) is 8.19. The summed E-state index contributed by atoms with van der Waals surface area (Å²) in [7, 11) is 0. The van der Waals surface area contributed by atoms with Crippen LogP contribution in [0, 0.1) is 5.92 Å². The van der Waals surface area contributed by atoms with Gasteiger partial charge in [0.2, 0.25) is 5.91 Å². The number of primary amides is 1. The van der Waals surface area contributed by atoms with Crippen molar-refractivity contribution in [2.45, 2.75) is 52.0 Å². The van der Waals surface area contributed by atoms with Crippen LogP contribution in [0.15, 0.2) is 18.2 Å². The van der Waals surface area contributed by atoms with Crippen molar-refractivity contribution in [2.75, 3.05) is 25.1 Å². The van der Waals surface area contributed by atoms with E-state index in [0.717, 1.165) is 54.7 Å². The van der Waals surface area contributed by atoms with Gasteiger partial charge in [0.05, 0.1) is 25.3 Å². The highest BCUT2D eigenvalue weighted by Gasteiger charge is 2.25. The summed E-state index contributed by atoms with van der Waals surface area (Å²) in [5, 5.41) is 6.87. The van der Waals surface area contributed by atoms with Crippen LogP contribution in [0.5, 0.6) is 11.5 Å². The topological polar surface area (TPSA) is 103 Å². The number of nitrogens with two attached hydrogens (primary N) is 1. The number of aryl methyl sites for hydroxylation is 1. The number of fused-ring (bicyclic) bond motifs is 2. The van der Waals surface area contributed by atoms with Crippen LogP contribution in [0.4, 0.5) is 5.00 Å². The number of thiophene rings is 1. The number of ether oxygens (including phenoxy) is 2. The molecular formula is C24H31N3O4S.